The number of hydrogen-bond donors (Lipinski definition) is 1. The van der Waals surface area contributed by atoms with Gasteiger partial charge in [0.1, 0.15) is 11.5 Å². The van der Waals surface area contributed by atoms with Crippen molar-refractivity contribution >= 4 is 27.3 Å². The average molecular weight is 496 g/mol. The summed E-state index contributed by atoms with van der Waals surface area (Å²) in [5.41, 5.74) is 2.36. The molecule has 0 bridgehead atoms. The predicted molar refractivity (Wildman–Crippen MR) is 136 cm³/mol. The van der Waals surface area contributed by atoms with Gasteiger partial charge in [0, 0.05) is 31.9 Å². The lowest BCUT2D eigenvalue weighted by atomic mass is 10.1. The van der Waals surface area contributed by atoms with Gasteiger partial charge in [0.25, 0.3) is 0 Å². The number of sulfonamides is 1. The van der Waals surface area contributed by atoms with Gasteiger partial charge in [0.15, 0.2) is 0 Å². The molecule has 1 aliphatic rings. The molecule has 0 aliphatic carbocycles. The van der Waals surface area contributed by atoms with E-state index < -0.39 is 10.0 Å². The van der Waals surface area contributed by atoms with Gasteiger partial charge in [0.05, 0.1) is 31.2 Å². The molecule has 0 spiro atoms. The van der Waals surface area contributed by atoms with Crippen molar-refractivity contribution < 1.29 is 22.7 Å². The number of hydrogen-bond acceptors (Lipinski definition) is 6. The number of para-hydroxylation sites is 2. The van der Waals surface area contributed by atoms with Crippen molar-refractivity contribution in [3.63, 3.8) is 0 Å². The van der Waals surface area contributed by atoms with Gasteiger partial charge in [-0.1, -0.05) is 24.3 Å². The fourth-order valence-corrected chi connectivity index (χ4v) is 5.48. The Kier molecular flexibility index (Phi) is 7.57. The van der Waals surface area contributed by atoms with Crippen molar-refractivity contribution in [1.82, 2.24) is 4.31 Å². The molecule has 35 heavy (non-hydrogen) atoms. The van der Waals surface area contributed by atoms with Crippen molar-refractivity contribution in [2.45, 2.75) is 11.3 Å². The monoisotopic (exact) mass is 495 g/mol. The normalized spacial score (nSPS) is 14.4. The Bertz CT molecular complexity index is 1250. The number of amides is 1. The van der Waals surface area contributed by atoms with Gasteiger partial charge in [0.2, 0.25) is 15.9 Å². The quantitative estimate of drug-likeness (QED) is 0.515. The van der Waals surface area contributed by atoms with Crippen LogP contribution in [0.15, 0.2) is 77.7 Å². The van der Waals surface area contributed by atoms with Gasteiger partial charge < -0.3 is 19.7 Å². The molecule has 4 rings (SSSR count). The molecule has 1 heterocycles. The summed E-state index contributed by atoms with van der Waals surface area (Å²) in [6, 6.07) is 21.3. The predicted octanol–water partition coefficient (Wildman–Crippen LogP) is 3.40. The molecular weight excluding hydrogens is 466 g/mol. The van der Waals surface area contributed by atoms with E-state index >= 15 is 0 Å². The second-order valence-electron chi connectivity index (χ2n) is 8.16. The highest BCUT2D eigenvalue weighted by Crippen LogP contribution is 2.29. The minimum absolute atomic E-state index is 0.182. The minimum Gasteiger partial charge on any atom is -0.497 e. The smallest absolute Gasteiger partial charge is 0.243 e. The lowest BCUT2D eigenvalue weighted by molar-refractivity contribution is -0.115. The third kappa shape index (κ3) is 5.75. The number of carbonyl (C=O) groups excluding carboxylic acids is 1. The Morgan fingerprint density at radius 2 is 1.51 bits per heavy atom. The molecule has 184 valence electrons. The summed E-state index contributed by atoms with van der Waals surface area (Å²) in [6.45, 7) is 1.89. The molecule has 1 N–H and O–H groups in total. The lowest BCUT2D eigenvalue weighted by Crippen LogP contribution is -2.48. The zero-order valence-corrected chi connectivity index (χ0v) is 20.6. The van der Waals surface area contributed by atoms with Crippen LogP contribution in [0.5, 0.6) is 11.5 Å². The maximum absolute atomic E-state index is 13.2. The van der Waals surface area contributed by atoms with E-state index in [1.54, 1.807) is 38.5 Å². The van der Waals surface area contributed by atoms with Crippen molar-refractivity contribution in [3.05, 3.63) is 78.4 Å². The molecule has 0 saturated carbocycles. The molecule has 1 aliphatic heterocycles. The van der Waals surface area contributed by atoms with Gasteiger partial charge in [-0.15, -0.1) is 0 Å². The molecule has 1 amide bonds. The van der Waals surface area contributed by atoms with Crippen molar-refractivity contribution in [3.8, 4) is 11.5 Å². The van der Waals surface area contributed by atoms with E-state index in [9.17, 15) is 13.2 Å². The molecule has 1 fully saturated rings. The zero-order chi connectivity index (χ0) is 24.8. The summed E-state index contributed by atoms with van der Waals surface area (Å²) in [4.78, 5) is 14.7. The first-order chi connectivity index (χ1) is 16.9. The highest BCUT2D eigenvalue weighted by Gasteiger charge is 2.29. The molecule has 9 heteroatoms. The number of methoxy groups -OCH3 is 2. The zero-order valence-electron chi connectivity index (χ0n) is 19.8. The van der Waals surface area contributed by atoms with Gasteiger partial charge >= 0.3 is 0 Å². The molecular formula is C26H29N3O5S. The summed E-state index contributed by atoms with van der Waals surface area (Å²) in [5.74, 6) is 1.32. The second-order valence-corrected chi connectivity index (χ2v) is 10.1. The Morgan fingerprint density at radius 1 is 0.857 bits per heavy atom. The third-order valence-corrected chi connectivity index (χ3v) is 7.88. The maximum atomic E-state index is 13.2. The molecule has 1 saturated heterocycles. The van der Waals surface area contributed by atoms with E-state index in [0.717, 1.165) is 22.7 Å². The van der Waals surface area contributed by atoms with Crippen molar-refractivity contribution in [2.75, 3.05) is 50.6 Å². The standard InChI is InChI=1S/C26H29N3O5S/c1-33-22-11-7-20(8-12-22)19-26(30)27-21-9-13-23(14-10-21)35(31,32)29-17-15-28(16-18-29)24-5-3-4-6-25(24)34-2/h3-14H,15-19H2,1-2H3,(H,27,30). The number of ether oxygens (including phenoxy) is 2. The Balaban J connectivity index is 1.35. The van der Waals surface area contributed by atoms with Crippen LogP contribution in [0.25, 0.3) is 0 Å². The highest BCUT2D eigenvalue weighted by atomic mass is 32.2. The Morgan fingerprint density at radius 3 is 2.14 bits per heavy atom. The van der Waals surface area contributed by atoms with Crippen LogP contribution in [0.1, 0.15) is 5.56 Å². The first-order valence-corrected chi connectivity index (χ1v) is 12.8. The Hall–Kier alpha value is -3.56. The number of nitrogens with one attached hydrogen (secondary N) is 1. The first kappa shape index (κ1) is 24.6. The SMILES string of the molecule is COc1ccc(CC(=O)Nc2ccc(S(=O)(=O)N3CCN(c4ccccc4OC)CC3)cc2)cc1. The first-order valence-electron chi connectivity index (χ1n) is 11.3. The highest BCUT2D eigenvalue weighted by molar-refractivity contribution is 7.89. The average Bonchev–Trinajstić information content (AvgIpc) is 2.89. The summed E-state index contributed by atoms with van der Waals surface area (Å²) < 4.78 is 38.4. The van der Waals surface area contributed by atoms with Crippen LogP contribution in [0.3, 0.4) is 0 Å². The van der Waals surface area contributed by atoms with Gasteiger partial charge in [-0.05, 0) is 54.1 Å². The van der Waals surface area contributed by atoms with E-state index in [2.05, 4.69) is 10.2 Å². The van der Waals surface area contributed by atoms with E-state index in [1.165, 1.54) is 16.4 Å². The van der Waals surface area contributed by atoms with E-state index in [0.29, 0.717) is 31.9 Å². The molecule has 0 radical (unpaired) electrons. The molecule has 0 aromatic heterocycles. The fourth-order valence-electron chi connectivity index (χ4n) is 4.05. The summed E-state index contributed by atoms with van der Waals surface area (Å²) in [5, 5.41) is 2.81. The number of benzene rings is 3. The van der Waals surface area contributed by atoms with Crippen LogP contribution < -0.4 is 19.7 Å². The molecule has 0 atom stereocenters. The van der Waals surface area contributed by atoms with Crippen LogP contribution in [-0.2, 0) is 21.2 Å². The number of anilines is 2. The van der Waals surface area contributed by atoms with Gasteiger partial charge in [-0.25, -0.2) is 8.42 Å². The number of rotatable bonds is 8. The lowest BCUT2D eigenvalue weighted by Gasteiger charge is -2.35. The van der Waals surface area contributed by atoms with Gasteiger partial charge in [-0.2, -0.15) is 4.31 Å². The second kappa shape index (κ2) is 10.8. The number of nitrogens with zero attached hydrogens (tertiary/aromatic N) is 2. The van der Waals surface area contributed by atoms with Crippen molar-refractivity contribution in [2.24, 2.45) is 0 Å². The van der Waals surface area contributed by atoms with E-state index in [1.807, 2.05) is 36.4 Å². The molecule has 8 nitrogen and oxygen atoms in total. The third-order valence-electron chi connectivity index (χ3n) is 5.96. The van der Waals surface area contributed by atoms with Gasteiger partial charge in [-0.3, -0.25) is 4.79 Å². The molecule has 3 aromatic carbocycles. The van der Waals surface area contributed by atoms with E-state index in [4.69, 9.17) is 9.47 Å². The molecule has 0 unspecified atom stereocenters. The number of carbonyl (C=O) groups is 1. The Labute approximate surface area is 206 Å². The summed E-state index contributed by atoms with van der Waals surface area (Å²) in [7, 11) is -0.412. The number of piperazine rings is 1. The summed E-state index contributed by atoms with van der Waals surface area (Å²) >= 11 is 0. The van der Waals surface area contributed by atoms with Crippen LogP contribution >= 0.6 is 0 Å². The van der Waals surface area contributed by atoms with Crippen LogP contribution in [0.2, 0.25) is 0 Å². The topological polar surface area (TPSA) is 88.2 Å². The van der Waals surface area contributed by atoms with Crippen molar-refractivity contribution in [1.29, 1.82) is 0 Å². The fraction of sp³-hybridized carbons (Fsp3) is 0.269. The largest absolute Gasteiger partial charge is 0.497 e. The van der Waals surface area contributed by atoms with E-state index in [-0.39, 0.29) is 17.2 Å². The minimum atomic E-state index is -3.63. The maximum Gasteiger partial charge on any atom is 0.243 e. The van der Waals surface area contributed by atoms with Crippen LogP contribution in [0.4, 0.5) is 11.4 Å². The van der Waals surface area contributed by atoms with Crippen LogP contribution in [-0.4, -0.2) is 59.0 Å². The van der Waals surface area contributed by atoms with Crippen LogP contribution in [0, 0.1) is 0 Å². The molecule has 3 aromatic rings. The summed E-state index contributed by atoms with van der Waals surface area (Å²) in [6.07, 6.45) is 0.209.